The van der Waals surface area contributed by atoms with Crippen LogP contribution in [0.3, 0.4) is 0 Å². The Morgan fingerprint density at radius 2 is 0.825 bits per heavy atom. The fourth-order valence-electron chi connectivity index (χ4n) is 6.95. The predicted molar refractivity (Wildman–Crippen MR) is 159 cm³/mol. The lowest BCUT2D eigenvalue weighted by Gasteiger charge is -2.44. The van der Waals surface area contributed by atoms with Crippen LogP contribution in [-0.2, 0) is 5.41 Å². The highest BCUT2D eigenvalue weighted by Crippen LogP contribution is 2.61. The molecule has 0 radical (unpaired) electrons. The minimum Gasteiger partial charge on any atom is -0.457 e. The maximum atomic E-state index is 6.74. The molecular formula is C37H23NO2. The maximum Gasteiger partial charge on any atom is 0.134 e. The second-order valence-corrected chi connectivity index (χ2v) is 10.5. The summed E-state index contributed by atoms with van der Waals surface area (Å²) in [5, 5.41) is 2.48. The topological polar surface area (TPSA) is 23.4 Å². The molecular weight excluding hydrogens is 490 g/mol. The molecule has 0 N–H and O–H groups in total. The number of hydrogen-bond donors (Lipinski definition) is 0. The Bertz CT molecular complexity index is 2020. The number of aromatic nitrogens is 1. The Labute approximate surface area is 231 Å². The van der Waals surface area contributed by atoms with E-state index in [1.807, 2.05) is 18.2 Å². The summed E-state index contributed by atoms with van der Waals surface area (Å²) in [5.41, 5.74) is 7.32. The van der Waals surface area contributed by atoms with Crippen LogP contribution in [0, 0.1) is 0 Å². The van der Waals surface area contributed by atoms with Gasteiger partial charge in [0.25, 0.3) is 0 Å². The van der Waals surface area contributed by atoms with Gasteiger partial charge in [0.15, 0.2) is 0 Å². The quantitative estimate of drug-likeness (QED) is 0.218. The molecule has 0 atom stereocenters. The van der Waals surface area contributed by atoms with E-state index in [-0.39, 0.29) is 0 Å². The number of rotatable bonds is 1. The van der Waals surface area contributed by atoms with Gasteiger partial charge >= 0.3 is 0 Å². The van der Waals surface area contributed by atoms with Gasteiger partial charge in [-0.1, -0.05) is 97.1 Å². The Balaban J connectivity index is 1.38. The van der Waals surface area contributed by atoms with Crippen molar-refractivity contribution in [2.75, 3.05) is 0 Å². The second kappa shape index (κ2) is 7.87. The summed E-state index contributed by atoms with van der Waals surface area (Å²) in [7, 11) is 0. The van der Waals surface area contributed by atoms with Crippen LogP contribution in [-0.4, -0.2) is 4.57 Å². The molecule has 3 heteroatoms. The Morgan fingerprint density at radius 3 is 1.38 bits per heavy atom. The first kappa shape index (κ1) is 21.6. The summed E-state index contributed by atoms with van der Waals surface area (Å²) in [6, 6.07) is 49.1. The summed E-state index contributed by atoms with van der Waals surface area (Å²) in [6.07, 6.45) is 0. The van der Waals surface area contributed by atoms with Crippen LogP contribution in [0.15, 0.2) is 140 Å². The summed E-state index contributed by atoms with van der Waals surface area (Å²) < 4.78 is 15.6. The molecule has 0 bridgehead atoms. The zero-order chi connectivity index (χ0) is 26.3. The smallest absolute Gasteiger partial charge is 0.134 e. The van der Waals surface area contributed by atoms with Crippen molar-refractivity contribution in [2.24, 2.45) is 0 Å². The molecule has 3 heterocycles. The van der Waals surface area contributed by atoms with E-state index in [1.165, 1.54) is 21.8 Å². The molecule has 9 rings (SSSR count). The van der Waals surface area contributed by atoms with Gasteiger partial charge < -0.3 is 14.0 Å². The van der Waals surface area contributed by atoms with E-state index in [4.69, 9.17) is 9.47 Å². The molecule has 1 spiro atoms. The van der Waals surface area contributed by atoms with Gasteiger partial charge in [-0.05, 0) is 36.4 Å². The number of para-hydroxylation sites is 5. The van der Waals surface area contributed by atoms with E-state index in [9.17, 15) is 0 Å². The highest BCUT2D eigenvalue weighted by atomic mass is 16.5. The van der Waals surface area contributed by atoms with Gasteiger partial charge in [-0.15, -0.1) is 0 Å². The third kappa shape index (κ3) is 2.69. The summed E-state index contributed by atoms with van der Waals surface area (Å²) in [5.74, 6) is 3.45. The molecule has 0 fully saturated rings. The van der Waals surface area contributed by atoms with Gasteiger partial charge in [0.2, 0.25) is 0 Å². The van der Waals surface area contributed by atoms with Crippen molar-refractivity contribution >= 4 is 21.8 Å². The predicted octanol–water partition coefficient (Wildman–Crippen LogP) is 9.38. The third-order valence-corrected chi connectivity index (χ3v) is 8.52. The van der Waals surface area contributed by atoms with Crippen molar-refractivity contribution in [3.63, 3.8) is 0 Å². The fourth-order valence-corrected chi connectivity index (χ4v) is 6.95. The lowest BCUT2D eigenvalue weighted by Crippen LogP contribution is -2.36. The van der Waals surface area contributed by atoms with Crippen LogP contribution in [0.1, 0.15) is 22.3 Å². The average molecular weight is 514 g/mol. The monoisotopic (exact) mass is 513 g/mol. The number of nitrogens with zero attached hydrogens (tertiary/aromatic N) is 1. The van der Waals surface area contributed by atoms with Crippen LogP contribution in [0.2, 0.25) is 0 Å². The normalized spacial score (nSPS) is 14.1. The van der Waals surface area contributed by atoms with Crippen LogP contribution >= 0.6 is 0 Å². The largest absolute Gasteiger partial charge is 0.457 e. The fraction of sp³-hybridized carbons (Fsp3) is 0.0270. The van der Waals surface area contributed by atoms with Crippen LogP contribution in [0.4, 0.5) is 0 Å². The first-order chi connectivity index (χ1) is 19.8. The van der Waals surface area contributed by atoms with Gasteiger partial charge in [0.05, 0.1) is 16.4 Å². The SMILES string of the molecule is c1ccc2c(c1)Oc1ccccc1C21c2ccccc2Oc2cc(-n3c4ccccc4c4ccccc43)ccc21. The number of ether oxygens (including phenoxy) is 2. The van der Waals surface area contributed by atoms with E-state index in [2.05, 4.69) is 126 Å². The summed E-state index contributed by atoms with van der Waals surface area (Å²) in [4.78, 5) is 0. The molecule has 3 nitrogen and oxygen atoms in total. The lowest BCUT2D eigenvalue weighted by atomic mass is 9.62. The average Bonchev–Trinajstić information content (AvgIpc) is 3.35. The van der Waals surface area contributed by atoms with Gasteiger partial charge in [-0.25, -0.2) is 0 Å². The third-order valence-electron chi connectivity index (χ3n) is 8.52. The standard InChI is InChI=1S/C37H23NO2/c1-6-16-31-25(11-1)26-12-2-7-17-32(26)38(31)24-21-22-30-36(23-24)40-35-20-10-5-15-29(35)37(30)27-13-3-8-18-33(27)39-34-19-9-4-14-28(34)37/h1-23H. The van der Waals surface area contributed by atoms with Crippen LogP contribution in [0.5, 0.6) is 23.0 Å². The summed E-state index contributed by atoms with van der Waals surface area (Å²) >= 11 is 0. The van der Waals surface area contributed by atoms with Crippen molar-refractivity contribution in [2.45, 2.75) is 5.41 Å². The molecule has 0 saturated heterocycles. The minimum atomic E-state index is -0.574. The zero-order valence-corrected chi connectivity index (χ0v) is 21.5. The first-order valence-electron chi connectivity index (χ1n) is 13.6. The zero-order valence-electron chi connectivity index (χ0n) is 21.5. The van der Waals surface area contributed by atoms with Crippen molar-refractivity contribution in [3.8, 4) is 28.7 Å². The van der Waals surface area contributed by atoms with Crippen molar-refractivity contribution in [3.05, 3.63) is 162 Å². The molecule has 6 aromatic carbocycles. The minimum absolute atomic E-state index is 0.574. The Hall–Kier alpha value is -5.28. The second-order valence-electron chi connectivity index (χ2n) is 10.5. The molecule has 0 aliphatic carbocycles. The van der Waals surface area contributed by atoms with E-state index in [1.54, 1.807) is 0 Å². The highest BCUT2D eigenvalue weighted by Gasteiger charge is 2.50. The number of benzene rings is 6. The maximum absolute atomic E-state index is 6.74. The van der Waals surface area contributed by atoms with E-state index < -0.39 is 5.41 Å². The molecule has 2 aliphatic heterocycles. The van der Waals surface area contributed by atoms with Gasteiger partial charge in [0.1, 0.15) is 23.0 Å². The lowest BCUT2D eigenvalue weighted by molar-refractivity contribution is 0.399. The van der Waals surface area contributed by atoms with Crippen molar-refractivity contribution in [1.29, 1.82) is 0 Å². The highest BCUT2D eigenvalue weighted by molar-refractivity contribution is 6.09. The van der Waals surface area contributed by atoms with Gasteiger partial charge in [-0.3, -0.25) is 0 Å². The molecule has 0 saturated carbocycles. The first-order valence-corrected chi connectivity index (χ1v) is 13.6. The molecule has 1 aromatic heterocycles. The molecule has 40 heavy (non-hydrogen) atoms. The van der Waals surface area contributed by atoms with E-state index >= 15 is 0 Å². The Kier molecular flexibility index (Phi) is 4.26. The van der Waals surface area contributed by atoms with Gasteiger partial charge in [0, 0.05) is 44.8 Å². The van der Waals surface area contributed by atoms with E-state index in [0.29, 0.717) is 0 Å². The number of hydrogen-bond acceptors (Lipinski definition) is 2. The van der Waals surface area contributed by atoms with Crippen molar-refractivity contribution in [1.82, 2.24) is 4.57 Å². The van der Waals surface area contributed by atoms with Crippen LogP contribution in [0.25, 0.3) is 27.5 Å². The van der Waals surface area contributed by atoms with E-state index in [0.717, 1.165) is 50.9 Å². The molecule has 0 unspecified atom stereocenters. The molecule has 0 amide bonds. The van der Waals surface area contributed by atoms with Crippen molar-refractivity contribution < 1.29 is 9.47 Å². The molecule has 188 valence electrons. The van der Waals surface area contributed by atoms with Gasteiger partial charge in [-0.2, -0.15) is 0 Å². The molecule has 2 aliphatic rings. The Morgan fingerprint density at radius 1 is 0.400 bits per heavy atom. The molecule has 7 aromatic rings. The number of fused-ring (bicyclic) bond motifs is 11. The van der Waals surface area contributed by atoms with Crippen LogP contribution < -0.4 is 9.47 Å². The summed E-state index contributed by atoms with van der Waals surface area (Å²) in [6.45, 7) is 0.